The molecule has 5 heteroatoms. The average Bonchev–Trinajstić information content (AvgIpc) is 4.07. The van der Waals surface area contributed by atoms with Crippen LogP contribution in [0, 0.1) is 0 Å². The molecule has 2 aliphatic carbocycles. The Bertz CT molecular complexity index is 2420. The van der Waals surface area contributed by atoms with Crippen molar-refractivity contribution in [2.24, 2.45) is 11.5 Å². The van der Waals surface area contributed by atoms with E-state index in [-0.39, 0.29) is 0 Å². The van der Waals surface area contributed by atoms with E-state index in [0.29, 0.717) is 6.54 Å². The fourth-order valence-electron chi connectivity index (χ4n) is 6.86. The number of aromatic nitrogens is 1. The summed E-state index contributed by atoms with van der Waals surface area (Å²) in [5, 5.41) is 2.53. The van der Waals surface area contributed by atoms with Crippen LogP contribution in [0.25, 0.3) is 33.1 Å². The zero-order valence-corrected chi connectivity index (χ0v) is 37.2. The predicted molar refractivity (Wildman–Crippen MR) is 267 cm³/mol. The molecular weight excluding hydrogens is 731 g/mol. The molecule has 0 unspecified atom stereocenters. The molecule has 3 aliphatic rings. The summed E-state index contributed by atoms with van der Waals surface area (Å²) in [7, 11) is 1.50. The van der Waals surface area contributed by atoms with Crippen molar-refractivity contribution < 1.29 is 0 Å². The number of hydrogen-bond donors (Lipinski definition) is 3. The molecule has 0 saturated carbocycles. The third-order valence-electron chi connectivity index (χ3n) is 9.51. The first-order valence-electron chi connectivity index (χ1n) is 21.4. The van der Waals surface area contributed by atoms with Crippen molar-refractivity contribution in [2.75, 3.05) is 17.7 Å². The molecular formula is C55H67N5. The van der Waals surface area contributed by atoms with Crippen LogP contribution in [0.15, 0.2) is 205 Å². The van der Waals surface area contributed by atoms with Gasteiger partial charge in [0.1, 0.15) is 0 Å². The van der Waals surface area contributed by atoms with Crippen LogP contribution < -0.4 is 22.1 Å². The topological polar surface area (TPSA) is 86.2 Å². The van der Waals surface area contributed by atoms with Gasteiger partial charge in [-0.1, -0.05) is 163 Å². The maximum Gasteiger partial charge on any atom is 0.0547 e. The van der Waals surface area contributed by atoms with Crippen LogP contribution in [-0.4, -0.2) is 11.6 Å². The van der Waals surface area contributed by atoms with Gasteiger partial charge in [-0.25, -0.2) is 0 Å². The smallest absolute Gasteiger partial charge is 0.0547 e. The molecule has 9 rings (SSSR count). The summed E-state index contributed by atoms with van der Waals surface area (Å²) < 4.78 is 2.38. The van der Waals surface area contributed by atoms with Crippen molar-refractivity contribution in [3.63, 3.8) is 0 Å². The first-order valence-corrected chi connectivity index (χ1v) is 21.4. The predicted octanol–water partition coefficient (Wildman–Crippen LogP) is 14.2. The normalized spacial score (nSPS) is 14.2. The van der Waals surface area contributed by atoms with Gasteiger partial charge in [-0.3, -0.25) is 0 Å². The molecule has 6 aromatic rings. The van der Waals surface area contributed by atoms with Crippen LogP contribution in [0.1, 0.15) is 72.4 Å². The molecule has 1 aromatic heterocycles. The minimum absolute atomic E-state index is 0.517. The maximum absolute atomic E-state index is 5.97. The van der Waals surface area contributed by atoms with Crippen LogP contribution in [0.5, 0.6) is 0 Å². The molecule has 0 saturated heterocycles. The standard InChI is InChI=1S/C36H29N3.C6H7N.C6H8.3C2H6.CH5N/c1-25-10-7-8-19-38(30-14-9-11-26(20-30)24-37)35-23-28(21-33(25)35)27-17-18-32-31-15-5-6-16-34(31)39(36(32)22-27)29-12-3-2-4-13-29;7-6-4-2-1-3-5-6;1-6-4-2-3-5-6;4*1-2/h2-22H,1,23-24,37H2;1-5H,7H2;2-4H,5H2,1H3;3*1-2H3;2H2,1H3/b10-7-,19-8-;;;;;;. The quantitative estimate of drug-likeness (QED) is 0.155. The Labute approximate surface area is 360 Å². The lowest BCUT2D eigenvalue weighted by atomic mass is 10.0. The highest BCUT2D eigenvalue weighted by Gasteiger charge is 2.25. The van der Waals surface area contributed by atoms with Gasteiger partial charge in [-0.2, -0.15) is 0 Å². The summed E-state index contributed by atoms with van der Waals surface area (Å²) in [6, 6.07) is 44.1. The van der Waals surface area contributed by atoms with Crippen LogP contribution >= 0.6 is 0 Å². The molecule has 0 radical (unpaired) electrons. The van der Waals surface area contributed by atoms with Crippen molar-refractivity contribution in [3.8, 4) is 5.69 Å². The number of nitrogen functional groups attached to an aromatic ring is 1. The van der Waals surface area contributed by atoms with Gasteiger partial charge in [0.15, 0.2) is 0 Å². The van der Waals surface area contributed by atoms with Crippen molar-refractivity contribution in [1.29, 1.82) is 0 Å². The van der Waals surface area contributed by atoms with E-state index >= 15 is 0 Å². The SMILES string of the molecule is C=C1/C=C\C=C/N(c2cccc(CN)c2)C2=C1C=C(c1ccc3c4ccccc4n(-c4ccccc4)c3c1)C2.CC.CC.CC.CC1=CC=CC1.CN.Nc1ccccc1. The van der Waals surface area contributed by atoms with E-state index in [2.05, 4.69) is 174 Å². The summed E-state index contributed by atoms with van der Waals surface area (Å²) in [5.41, 5.74) is 29.9. The van der Waals surface area contributed by atoms with Crippen LogP contribution in [0.3, 0.4) is 0 Å². The number of benzene rings is 5. The number of allylic oxidation sites excluding steroid dienone is 11. The van der Waals surface area contributed by atoms with Crippen LogP contribution in [0.2, 0.25) is 0 Å². The maximum atomic E-state index is 5.97. The lowest BCUT2D eigenvalue weighted by Gasteiger charge is -2.26. The number of nitrogens with two attached hydrogens (primary N) is 3. The minimum Gasteiger partial charge on any atom is -0.399 e. The Hall–Kier alpha value is -6.40. The van der Waals surface area contributed by atoms with Gasteiger partial charge in [0.25, 0.3) is 0 Å². The second kappa shape index (κ2) is 25.9. The number of fused-ring (bicyclic) bond motifs is 3. The molecule has 2 heterocycles. The Morgan fingerprint density at radius 2 is 1.28 bits per heavy atom. The van der Waals surface area contributed by atoms with Gasteiger partial charge in [0, 0.05) is 58.3 Å². The fraction of sp³-hybridized carbons (Fsp3) is 0.200. The van der Waals surface area contributed by atoms with E-state index in [0.717, 1.165) is 28.9 Å². The monoisotopic (exact) mass is 798 g/mol. The largest absolute Gasteiger partial charge is 0.399 e. The number of anilines is 2. The van der Waals surface area contributed by atoms with Gasteiger partial charge >= 0.3 is 0 Å². The summed E-state index contributed by atoms with van der Waals surface area (Å²) in [4.78, 5) is 2.28. The number of para-hydroxylation sites is 3. The van der Waals surface area contributed by atoms with E-state index in [1.54, 1.807) is 0 Å². The molecule has 60 heavy (non-hydrogen) atoms. The number of nitrogens with zero attached hydrogens (tertiary/aromatic N) is 2. The highest BCUT2D eigenvalue weighted by molar-refractivity contribution is 6.10. The first-order chi connectivity index (χ1) is 29.5. The van der Waals surface area contributed by atoms with Gasteiger partial charge < -0.3 is 26.7 Å². The lowest BCUT2D eigenvalue weighted by molar-refractivity contribution is 1.05. The van der Waals surface area contributed by atoms with E-state index < -0.39 is 0 Å². The van der Waals surface area contributed by atoms with Crippen LogP contribution in [0.4, 0.5) is 11.4 Å². The summed E-state index contributed by atoms with van der Waals surface area (Å²) >= 11 is 0. The van der Waals surface area contributed by atoms with Gasteiger partial charge in [0.05, 0.1) is 11.0 Å². The van der Waals surface area contributed by atoms with Gasteiger partial charge in [0.2, 0.25) is 0 Å². The van der Waals surface area contributed by atoms with E-state index in [4.69, 9.17) is 11.5 Å². The second-order valence-corrected chi connectivity index (χ2v) is 13.2. The van der Waals surface area contributed by atoms with E-state index in [9.17, 15) is 0 Å². The summed E-state index contributed by atoms with van der Waals surface area (Å²) in [6.07, 6.45) is 19.1. The van der Waals surface area contributed by atoms with Gasteiger partial charge in [-0.15, -0.1) is 0 Å². The zero-order chi connectivity index (χ0) is 43.9. The Morgan fingerprint density at radius 3 is 1.88 bits per heavy atom. The molecule has 0 atom stereocenters. The lowest BCUT2D eigenvalue weighted by Crippen LogP contribution is -2.17. The van der Waals surface area contributed by atoms with Crippen molar-refractivity contribution in [1.82, 2.24) is 4.57 Å². The summed E-state index contributed by atoms with van der Waals surface area (Å²) in [6.45, 7) is 19.1. The van der Waals surface area contributed by atoms with Crippen LogP contribution in [-0.2, 0) is 6.54 Å². The second-order valence-electron chi connectivity index (χ2n) is 13.2. The Morgan fingerprint density at radius 1 is 0.650 bits per heavy atom. The van der Waals surface area contributed by atoms with E-state index in [1.165, 1.54) is 68.9 Å². The third kappa shape index (κ3) is 12.3. The van der Waals surface area contributed by atoms with E-state index in [1.807, 2.05) is 71.9 Å². The first kappa shape index (κ1) is 48.0. The van der Waals surface area contributed by atoms with Crippen molar-refractivity contribution in [3.05, 3.63) is 216 Å². The third-order valence-corrected chi connectivity index (χ3v) is 9.51. The molecule has 6 N–H and O–H groups in total. The molecule has 1 aliphatic heterocycles. The number of rotatable bonds is 4. The molecule has 312 valence electrons. The number of hydrogen-bond acceptors (Lipinski definition) is 4. The average molecular weight is 798 g/mol. The molecule has 5 aromatic carbocycles. The molecule has 0 fully saturated rings. The van der Waals surface area contributed by atoms with Crippen molar-refractivity contribution in [2.45, 2.75) is 67.9 Å². The molecule has 0 amide bonds. The van der Waals surface area contributed by atoms with Crippen molar-refractivity contribution >= 4 is 38.8 Å². The molecule has 0 bridgehead atoms. The minimum atomic E-state index is 0.517. The highest BCUT2D eigenvalue weighted by Crippen LogP contribution is 2.42. The Kier molecular flexibility index (Phi) is 20.7. The summed E-state index contributed by atoms with van der Waals surface area (Å²) in [5.74, 6) is 0. The zero-order valence-electron chi connectivity index (χ0n) is 37.2. The fourth-order valence-corrected chi connectivity index (χ4v) is 6.86. The molecule has 5 nitrogen and oxygen atoms in total. The highest BCUT2D eigenvalue weighted by atomic mass is 15.1. The van der Waals surface area contributed by atoms with Gasteiger partial charge in [-0.05, 0) is 103 Å². The molecule has 0 spiro atoms. The Balaban J connectivity index is 0.000000381.